The number of urea groups is 1. The van der Waals surface area contributed by atoms with E-state index in [2.05, 4.69) is 5.32 Å². The highest BCUT2D eigenvalue weighted by molar-refractivity contribution is 6.06. The highest BCUT2D eigenvalue weighted by Crippen LogP contribution is 2.26. The van der Waals surface area contributed by atoms with E-state index in [1.807, 2.05) is 58.0 Å². The van der Waals surface area contributed by atoms with Gasteiger partial charge in [-0.25, -0.2) is 21.5 Å². The third kappa shape index (κ3) is 6.31. The molecule has 2 amide bonds. The van der Waals surface area contributed by atoms with Crippen LogP contribution in [0.1, 0.15) is 36.1 Å². The summed E-state index contributed by atoms with van der Waals surface area (Å²) in [6, 6.07) is 10.9. The van der Waals surface area contributed by atoms with Gasteiger partial charge in [0, 0.05) is 18.7 Å². The zero-order valence-electron chi connectivity index (χ0n) is 18.8. The minimum absolute atomic E-state index is 0.229. The first kappa shape index (κ1) is 23.9. The molecule has 0 unspecified atom stereocenters. The minimum atomic E-state index is -0.536. The van der Waals surface area contributed by atoms with Crippen molar-refractivity contribution in [2.45, 2.75) is 40.3 Å². The van der Waals surface area contributed by atoms with Crippen molar-refractivity contribution in [1.29, 1.82) is 5.41 Å². The molecular formula is C23H32N6O2. The number of hydrazine groups is 2. The van der Waals surface area contributed by atoms with Crippen LogP contribution in [0.5, 0.6) is 5.75 Å². The monoisotopic (exact) mass is 424 g/mol. The van der Waals surface area contributed by atoms with Gasteiger partial charge in [-0.2, -0.15) is 0 Å². The van der Waals surface area contributed by atoms with Crippen LogP contribution in [0, 0.1) is 19.3 Å². The zero-order valence-corrected chi connectivity index (χ0v) is 18.8. The van der Waals surface area contributed by atoms with Gasteiger partial charge < -0.3 is 15.5 Å². The SMILES string of the molecule is Cc1cc(C(=N)/C=C\NC(C)C)ccc1OCc1c(C)cccc1N(N)C(=O)N(C)N. The molecule has 0 fully saturated rings. The molecule has 0 radical (unpaired) electrons. The summed E-state index contributed by atoms with van der Waals surface area (Å²) >= 11 is 0. The topological polar surface area (TPSA) is 121 Å². The van der Waals surface area contributed by atoms with Crippen molar-refractivity contribution in [1.82, 2.24) is 10.3 Å². The van der Waals surface area contributed by atoms with Crippen LogP contribution in [0.2, 0.25) is 0 Å². The van der Waals surface area contributed by atoms with Crippen molar-refractivity contribution < 1.29 is 9.53 Å². The number of allylic oxidation sites excluding steroid dienone is 1. The maximum atomic E-state index is 12.2. The Morgan fingerprint density at radius 3 is 2.52 bits per heavy atom. The van der Waals surface area contributed by atoms with Gasteiger partial charge in [-0.1, -0.05) is 12.1 Å². The van der Waals surface area contributed by atoms with Gasteiger partial charge >= 0.3 is 6.03 Å². The first-order valence-corrected chi connectivity index (χ1v) is 10.0. The van der Waals surface area contributed by atoms with Gasteiger partial charge in [-0.05, 0) is 80.9 Å². The number of benzene rings is 2. The fraction of sp³-hybridized carbons (Fsp3) is 0.304. The molecule has 2 rings (SSSR count). The molecule has 0 aliphatic rings. The van der Waals surface area contributed by atoms with Crippen molar-refractivity contribution in [2.75, 3.05) is 12.1 Å². The fourth-order valence-corrected chi connectivity index (χ4v) is 2.92. The minimum Gasteiger partial charge on any atom is -0.489 e. The Kier molecular flexibility index (Phi) is 8.18. The van der Waals surface area contributed by atoms with Crippen molar-refractivity contribution in [3.8, 4) is 5.75 Å². The number of hydrogen-bond acceptors (Lipinski definition) is 6. The molecule has 0 saturated heterocycles. The second-order valence-corrected chi connectivity index (χ2v) is 7.67. The first-order valence-electron chi connectivity index (χ1n) is 10.0. The van der Waals surface area contributed by atoms with Gasteiger partial charge in [-0.15, -0.1) is 0 Å². The van der Waals surface area contributed by atoms with E-state index in [-0.39, 0.29) is 6.61 Å². The number of aryl methyl sites for hydroxylation is 2. The third-order valence-electron chi connectivity index (χ3n) is 4.69. The molecule has 166 valence electrons. The number of hydrogen-bond donors (Lipinski definition) is 4. The maximum Gasteiger partial charge on any atom is 0.352 e. The van der Waals surface area contributed by atoms with Gasteiger partial charge in [0.05, 0.1) is 11.4 Å². The van der Waals surface area contributed by atoms with Crippen LogP contribution in [0.4, 0.5) is 10.5 Å². The molecule has 8 nitrogen and oxygen atoms in total. The number of carbonyl (C=O) groups excluding carboxylic acids is 1. The average Bonchev–Trinajstić information content (AvgIpc) is 2.71. The number of anilines is 1. The average molecular weight is 425 g/mol. The third-order valence-corrected chi connectivity index (χ3v) is 4.69. The van der Waals surface area contributed by atoms with Crippen LogP contribution >= 0.6 is 0 Å². The van der Waals surface area contributed by atoms with Gasteiger partial charge in [0.2, 0.25) is 0 Å². The molecule has 0 heterocycles. The number of ether oxygens (including phenoxy) is 1. The zero-order chi connectivity index (χ0) is 23.1. The number of nitrogens with one attached hydrogen (secondary N) is 2. The predicted molar refractivity (Wildman–Crippen MR) is 125 cm³/mol. The molecule has 0 aromatic heterocycles. The molecule has 0 spiro atoms. The summed E-state index contributed by atoms with van der Waals surface area (Å²) in [5.74, 6) is 12.2. The van der Waals surface area contributed by atoms with E-state index in [0.29, 0.717) is 23.2 Å². The number of amides is 2. The van der Waals surface area contributed by atoms with E-state index in [1.54, 1.807) is 18.3 Å². The molecule has 0 aliphatic heterocycles. The maximum absolute atomic E-state index is 12.2. The Hall–Kier alpha value is -3.36. The second kappa shape index (κ2) is 10.6. The fourth-order valence-electron chi connectivity index (χ4n) is 2.92. The first-order chi connectivity index (χ1) is 14.6. The second-order valence-electron chi connectivity index (χ2n) is 7.67. The standard InChI is InChI=1S/C23H32N6O2/c1-15(2)27-12-11-20(24)18-9-10-22(17(4)13-18)31-14-19-16(3)7-6-8-21(19)29(26)23(30)28(5)25/h6-13,15,24,27H,14,25-26H2,1-5H3/b12-11-,24-20?. The Labute approximate surface area is 183 Å². The summed E-state index contributed by atoms with van der Waals surface area (Å²) in [5.41, 5.74) is 4.38. The summed E-state index contributed by atoms with van der Waals surface area (Å²) in [6.07, 6.45) is 3.52. The van der Waals surface area contributed by atoms with Crippen molar-refractivity contribution in [3.63, 3.8) is 0 Å². The van der Waals surface area contributed by atoms with Crippen LogP contribution in [-0.2, 0) is 6.61 Å². The summed E-state index contributed by atoms with van der Waals surface area (Å²) in [6.45, 7) is 8.17. The molecule has 0 aliphatic carbocycles. The van der Waals surface area contributed by atoms with Gasteiger partial charge in [0.25, 0.3) is 0 Å². The lowest BCUT2D eigenvalue weighted by atomic mass is 10.1. The molecule has 2 aromatic carbocycles. The van der Waals surface area contributed by atoms with Gasteiger partial charge in [0.1, 0.15) is 12.4 Å². The van der Waals surface area contributed by atoms with Crippen LogP contribution in [0.3, 0.4) is 0 Å². The van der Waals surface area contributed by atoms with Crippen molar-refractivity contribution in [3.05, 3.63) is 70.9 Å². The lowest BCUT2D eigenvalue weighted by Crippen LogP contribution is -2.49. The quantitative estimate of drug-likeness (QED) is 0.224. The van der Waals surface area contributed by atoms with E-state index < -0.39 is 6.03 Å². The number of nitrogens with two attached hydrogens (primary N) is 2. The van der Waals surface area contributed by atoms with Crippen LogP contribution in [-0.4, -0.2) is 29.8 Å². The van der Waals surface area contributed by atoms with Crippen LogP contribution in [0.25, 0.3) is 0 Å². The van der Waals surface area contributed by atoms with E-state index in [0.717, 1.165) is 32.3 Å². The van der Waals surface area contributed by atoms with E-state index in [9.17, 15) is 4.79 Å². The molecule has 2 aromatic rings. The normalized spacial score (nSPS) is 11.0. The van der Waals surface area contributed by atoms with Crippen molar-refractivity contribution >= 4 is 17.4 Å². The molecule has 31 heavy (non-hydrogen) atoms. The molecule has 6 N–H and O–H groups in total. The van der Waals surface area contributed by atoms with Gasteiger partial charge in [-0.3, -0.25) is 5.01 Å². The lowest BCUT2D eigenvalue weighted by molar-refractivity contribution is 0.216. The Morgan fingerprint density at radius 1 is 1.19 bits per heavy atom. The molecular weight excluding hydrogens is 392 g/mol. The number of nitrogens with zero attached hydrogens (tertiary/aromatic N) is 2. The lowest BCUT2D eigenvalue weighted by Gasteiger charge is -2.24. The Morgan fingerprint density at radius 2 is 1.90 bits per heavy atom. The summed E-state index contributed by atoms with van der Waals surface area (Å²) in [7, 11) is 1.44. The summed E-state index contributed by atoms with van der Waals surface area (Å²) in [4.78, 5) is 12.2. The van der Waals surface area contributed by atoms with E-state index in [1.165, 1.54) is 7.05 Å². The highest BCUT2D eigenvalue weighted by Gasteiger charge is 2.19. The summed E-state index contributed by atoms with van der Waals surface area (Å²) in [5, 5.41) is 13.3. The Bertz CT molecular complexity index is 969. The molecule has 0 bridgehead atoms. The number of carbonyl (C=O) groups is 1. The van der Waals surface area contributed by atoms with E-state index in [4.69, 9.17) is 21.8 Å². The predicted octanol–water partition coefficient (Wildman–Crippen LogP) is 3.37. The molecule has 8 heteroatoms. The molecule has 0 atom stereocenters. The largest absolute Gasteiger partial charge is 0.489 e. The Balaban J connectivity index is 2.18. The van der Waals surface area contributed by atoms with Gasteiger partial charge in [0.15, 0.2) is 0 Å². The van der Waals surface area contributed by atoms with Crippen LogP contribution < -0.4 is 26.7 Å². The van der Waals surface area contributed by atoms with E-state index >= 15 is 0 Å². The van der Waals surface area contributed by atoms with Crippen LogP contribution in [0.15, 0.2) is 48.7 Å². The molecule has 0 saturated carbocycles. The highest BCUT2D eigenvalue weighted by atomic mass is 16.5. The van der Waals surface area contributed by atoms with Crippen molar-refractivity contribution in [2.24, 2.45) is 11.7 Å². The summed E-state index contributed by atoms with van der Waals surface area (Å²) < 4.78 is 6.04. The number of rotatable bonds is 8. The smallest absolute Gasteiger partial charge is 0.352 e.